The maximum Gasteiger partial charge on any atom is 0.322 e. The Morgan fingerprint density at radius 1 is 1.00 bits per heavy atom. The summed E-state index contributed by atoms with van der Waals surface area (Å²) in [6.07, 6.45) is 0. The Kier molecular flexibility index (Phi) is 7.16. The molecular formula is C18H16Cl4N4O3S. The second-order valence-electron chi connectivity index (χ2n) is 6.18. The first kappa shape index (κ1) is 23.1. The number of hydrogen-bond acceptors (Lipinski definition) is 5. The van der Waals surface area contributed by atoms with E-state index in [1.54, 1.807) is 29.7 Å². The number of nitrogens with zero attached hydrogens (tertiary/aromatic N) is 3. The molecule has 0 aliphatic heterocycles. The molecule has 0 unspecified atom stereocenters. The van der Waals surface area contributed by atoms with Gasteiger partial charge in [-0.3, -0.25) is 4.57 Å². The molecule has 0 spiro atoms. The van der Waals surface area contributed by atoms with E-state index in [1.807, 2.05) is 6.92 Å². The molecule has 12 heteroatoms. The number of halogens is 4. The number of aromatic nitrogens is 3. The van der Waals surface area contributed by atoms with Gasteiger partial charge in [0.15, 0.2) is 5.82 Å². The fraction of sp³-hybridized carbons (Fsp3) is 0.222. The second kappa shape index (κ2) is 9.30. The average Bonchev–Trinajstić information content (AvgIpc) is 3.09. The van der Waals surface area contributed by atoms with E-state index < -0.39 is 16.1 Å². The summed E-state index contributed by atoms with van der Waals surface area (Å²) in [5.41, 5.74) is 0. The van der Waals surface area contributed by atoms with Crippen LogP contribution < -0.4 is 9.46 Å². The van der Waals surface area contributed by atoms with Crippen molar-refractivity contribution >= 4 is 56.4 Å². The standard InChI is InChI=1S/C18H16Cl4N4O3S/c1-3-26-17(23-24-18(26)29-11-4-6-13(19)15(21)8-11)10(2)25-30(27,28)12-5-7-14(20)16(22)9-12/h4-10,25H,3H2,1-2H3/t10-/m1/s1. The van der Waals surface area contributed by atoms with E-state index in [0.717, 1.165) is 0 Å². The zero-order valence-electron chi connectivity index (χ0n) is 15.7. The minimum absolute atomic E-state index is 0.0152. The topological polar surface area (TPSA) is 86.1 Å². The van der Waals surface area contributed by atoms with Gasteiger partial charge in [-0.1, -0.05) is 51.5 Å². The quantitative estimate of drug-likeness (QED) is 0.438. The van der Waals surface area contributed by atoms with Crippen LogP contribution >= 0.6 is 46.4 Å². The molecule has 0 amide bonds. The van der Waals surface area contributed by atoms with E-state index >= 15 is 0 Å². The van der Waals surface area contributed by atoms with Gasteiger partial charge in [-0.15, -0.1) is 5.10 Å². The lowest BCUT2D eigenvalue weighted by atomic mass is 10.3. The van der Waals surface area contributed by atoms with Crippen LogP contribution in [0.25, 0.3) is 0 Å². The van der Waals surface area contributed by atoms with Gasteiger partial charge in [0, 0.05) is 12.6 Å². The maximum atomic E-state index is 12.7. The van der Waals surface area contributed by atoms with Crippen LogP contribution in [0.2, 0.25) is 20.1 Å². The van der Waals surface area contributed by atoms with Gasteiger partial charge in [0.2, 0.25) is 10.0 Å². The van der Waals surface area contributed by atoms with Gasteiger partial charge in [-0.05, 0) is 44.2 Å². The van der Waals surface area contributed by atoms with Gasteiger partial charge in [-0.25, -0.2) is 13.1 Å². The molecule has 0 saturated heterocycles. The van der Waals surface area contributed by atoms with Crippen LogP contribution in [0, 0.1) is 0 Å². The van der Waals surface area contributed by atoms with Crippen molar-refractivity contribution in [3.63, 3.8) is 0 Å². The molecule has 0 aliphatic carbocycles. The van der Waals surface area contributed by atoms with Gasteiger partial charge in [0.25, 0.3) is 0 Å². The number of rotatable bonds is 7. The van der Waals surface area contributed by atoms with Gasteiger partial charge in [0.1, 0.15) is 5.75 Å². The van der Waals surface area contributed by atoms with Crippen molar-refractivity contribution in [1.29, 1.82) is 0 Å². The largest absolute Gasteiger partial charge is 0.424 e. The van der Waals surface area contributed by atoms with Crippen molar-refractivity contribution in [3.8, 4) is 11.8 Å². The van der Waals surface area contributed by atoms with Crippen molar-refractivity contribution in [2.75, 3.05) is 0 Å². The summed E-state index contributed by atoms with van der Waals surface area (Å²) in [5, 5.41) is 9.24. The highest BCUT2D eigenvalue weighted by Gasteiger charge is 2.24. The highest BCUT2D eigenvalue weighted by atomic mass is 35.5. The molecule has 2 aromatic carbocycles. The molecule has 0 radical (unpaired) electrons. The van der Waals surface area contributed by atoms with Crippen molar-refractivity contribution in [3.05, 3.63) is 62.3 Å². The Morgan fingerprint density at radius 2 is 1.63 bits per heavy atom. The Morgan fingerprint density at radius 3 is 2.23 bits per heavy atom. The van der Waals surface area contributed by atoms with Crippen molar-refractivity contribution in [2.45, 2.75) is 31.3 Å². The van der Waals surface area contributed by atoms with Crippen LogP contribution in [-0.4, -0.2) is 23.2 Å². The van der Waals surface area contributed by atoms with E-state index in [0.29, 0.717) is 28.2 Å². The predicted molar refractivity (Wildman–Crippen MR) is 117 cm³/mol. The Labute approximate surface area is 193 Å². The number of ether oxygens (including phenoxy) is 1. The van der Waals surface area contributed by atoms with Crippen LogP contribution in [0.15, 0.2) is 41.3 Å². The number of sulfonamides is 1. The maximum absolute atomic E-state index is 12.7. The molecule has 160 valence electrons. The fourth-order valence-corrected chi connectivity index (χ4v) is 4.51. The summed E-state index contributed by atoms with van der Waals surface area (Å²) in [6, 6.07) is 8.33. The summed E-state index contributed by atoms with van der Waals surface area (Å²) in [6.45, 7) is 3.95. The van der Waals surface area contributed by atoms with Gasteiger partial charge >= 0.3 is 6.01 Å². The van der Waals surface area contributed by atoms with Crippen LogP contribution in [0.3, 0.4) is 0 Å². The van der Waals surface area contributed by atoms with Crippen molar-refractivity contribution < 1.29 is 13.2 Å². The fourth-order valence-electron chi connectivity index (χ4n) is 2.64. The molecule has 0 bridgehead atoms. The van der Waals surface area contributed by atoms with Gasteiger partial charge in [-0.2, -0.15) is 0 Å². The predicted octanol–water partition coefficient (Wildman–Crippen LogP) is 5.74. The molecule has 1 atom stereocenters. The molecule has 30 heavy (non-hydrogen) atoms. The highest BCUT2D eigenvalue weighted by Crippen LogP contribution is 2.30. The monoisotopic (exact) mass is 508 g/mol. The third-order valence-corrected chi connectivity index (χ3v) is 7.10. The summed E-state index contributed by atoms with van der Waals surface area (Å²) in [5.74, 6) is 0.790. The lowest BCUT2D eigenvalue weighted by Crippen LogP contribution is -2.29. The molecule has 1 N–H and O–H groups in total. The molecule has 0 fully saturated rings. The first-order valence-electron chi connectivity index (χ1n) is 8.65. The normalized spacial score (nSPS) is 12.7. The summed E-state index contributed by atoms with van der Waals surface area (Å²) >= 11 is 23.7. The zero-order chi connectivity index (χ0) is 22.1. The molecule has 0 aliphatic rings. The van der Waals surface area contributed by atoms with E-state index in [-0.39, 0.29) is 21.0 Å². The SMILES string of the molecule is CCn1c(Oc2ccc(Cl)c(Cl)c2)nnc1[C@@H](C)NS(=O)(=O)c1ccc(Cl)c(Cl)c1. The van der Waals surface area contributed by atoms with E-state index in [9.17, 15) is 8.42 Å². The van der Waals surface area contributed by atoms with E-state index in [2.05, 4.69) is 14.9 Å². The molecule has 7 nitrogen and oxygen atoms in total. The number of benzene rings is 2. The third-order valence-electron chi connectivity index (χ3n) is 4.08. The first-order valence-corrected chi connectivity index (χ1v) is 11.6. The lowest BCUT2D eigenvalue weighted by molar-refractivity contribution is 0.408. The Balaban J connectivity index is 1.84. The molecule has 0 saturated carbocycles. The van der Waals surface area contributed by atoms with E-state index in [4.69, 9.17) is 51.1 Å². The van der Waals surface area contributed by atoms with E-state index in [1.165, 1.54) is 18.2 Å². The van der Waals surface area contributed by atoms with Gasteiger partial charge in [0.05, 0.1) is 31.0 Å². The van der Waals surface area contributed by atoms with Crippen molar-refractivity contribution in [2.24, 2.45) is 0 Å². The van der Waals surface area contributed by atoms with Gasteiger partial charge < -0.3 is 4.74 Å². The highest BCUT2D eigenvalue weighted by molar-refractivity contribution is 7.89. The Bertz CT molecular complexity index is 1180. The minimum atomic E-state index is -3.88. The second-order valence-corrected chi connectivity index (χ2v) is 9.52. The van der Waals surface area contributed by atoms with Crippen LogP contribution in [0.1, 0.15) is 25.7 Å². The molecular weight excluding hydrogens is 494 g/mol. The van der Waals surface area contributed by atoms with Crippen LogP contribution in [0.5, 0.6) is 11.8 Å². The molecule has 1 heterocycles. The number of hydrogen-bond donors (Lipinski definition) is 1. The summed E-state index contributed by atoms with van der Waals surface area (Å²) in [7, 11) is -3.88. The summed E-state index contributed by atoms with van der Waals surface area (Å²) < 4.78 is 35.4. The molecule has 3 aromatic rings. The van der Waals surface area contributed by atoms with Crippen molar-refractivity contribution in [1.82, 2.24) is 19.5 Å². The minimum Gasteiger partial charge on any atom is -0.424 e. The third kappa shape index (κ3) is 5.01. The number of nitrogens with one attached hydrogen (secondary N) is 1. The lowest BCUT2D eigenvalue weighted by Gasteiger charge is -2.15. The molecule has 3 rings (SSSR count). The van der Waals surface area contributed by atoms with Crippen LogP contribution in [0.4, 0.5) is 0 Å². The smallest absolute Gasteiger partial charge is 0.322 e. The van der Waals surface area contributed by atoms with Crippen LogP contribution in [-0.2, 0) is 16.6 Å². The zero-order valence-corrected chi connectivity index (χ0v) is 19.6. The first-order chi connectivity index (χ1) is 14.1. The molecule has 1 aromatic heterocycles. The average molecular weight is 510 g/mol. The Hall–Kier alpha value is -1.55. The summed E-state index contributed by atoms with van der Waals surface area (Å²) in [4.78, 5) is -0.0152.